The number of halogens is 1. The molecular formula is C10H20ClN3S. The number of anilines is 1. The third-order valence-electron chi connectivity index (χ3n) is 2.02. The van der Waals surface area contributed by atoms with Gasteiger partial charge in [0.15, 0.2) is 5.13 Å². The van der Waals surface area contributed by atoms with Gasteiger partial charge in [0.1, 0.15) is 0 Å². The van der Waals surface area contributed by atoms with Crippen LogP contribution in [0.15, 0.2) is 6.20 Å². The van der Waals surface area contributed by atoms with E-state index in [2.05, 4.69) is 30.7 Å². The van der Waals surface area contributed by atoms with Crippen LogP contribution in [0, 0.1) is 5.92 Å². The Morgan fingerprint density at radius 1 is 1.53 bits per heavy atom. The molecule has 0 aliphatic heterocycles. The SMILES string of the molecule is CCN(Cc1cnc(N)s1)CC(C)C.Cl. The smallest absolute Gasteiger partial charge is 0.180 e. The van der Waals surface area contributed by atoms with E-state index >= 15 is 0 Å². The second-order valence-electron chi connectivity index (χ2n) is 3.89. The first kappa shape index (κ1) is 14.7. The second kappa shape index (κ2) is 7.04. The van der Waals surface area contributed by atoms with Gasteiger partial charge < -0.3 is 5.73 Å². The van der Waals surface area contributed by atoms with E-state index in [9.17, 15) is 0 Å². The number of rotatable bonds is 5. The van der Waals surface area contributed by atoms with Gasteiger partial charge in [-0.3, -0.25) is 4.90 Å². The number of hydrogen-bond acceptors (Lipinski definition) is 4. The number of nitrogens with two attached hydrogens (primary N) is 1. The molecule has 3 nitrogen and oxygen atoms in total. The van der Waals surface area contributed by atoms with Gasteiger partial charge in [0, 0.05) is 24.2 Å². The summed E-state index contributed by atoms with van der Waals surface area (Å²) in [6, 6.07) is 0. The van der Waals surface area contributed by atoms with Crippen molar-refractivity contribution < 1.29 is 0 Å². The maximum absolute atomic E-state index is 5.59. The monoisotopic (exact) mass is 249 g/mol. The van der Waals surface area contributed by atoms with Gasteiger partial charge in [-0.2, -0.15) is 0 Å². The van der Waals surface area contributed by atoms with Crippen molar-refractivity contribution in [1.29, 1.82) is 0 Å². The highest BCUT2D eigenvalue weighted by Gasteiger charge is 2.07. The maximum Gasteiger partial charge on any atom is 0.180 e. The predicted octanol–water partition coefficient (Wildman–Crippen LogP) is 2.63. The van der Waals surface area contributed by atoms with Gasteiger partial charge in [0.25, 0.3) is 0 Å². The first-order chi connectivity index (χ1) is 6.61. The highest BCUT2D eigenvalue weighted by molar-refractivity contribution is 7.15. The lowest BCUT2D eigenvalue weighted by Crippen LogP contribution is -2.26. The fourth-order valence-corrected chi connectivity index (χ4v) is 2.16. The minimum Gasteiger partial charge on any atom is -0.375 e. The first-order valence-corrected chi connectivity index (χ1v) is 5.86. The largest absolute Gasteiger partial charge is 0.375 e. The molecule has 0 amide bonds. The van der Waals surface area contributed by atoms with Crippen molar-refractivity contribution in [2.24, 2.45) is 5.92 Å². The molecule has 1 aromatic rings. The van der Waals surface area contributed by atoms with Crippen LogP contribution in [0.25, 0.3) is 0 Å². The molecule has 0 spiro atoms. The van der Waals surface area contributed by atoms with Crippen LogP contribution in [-0.4, -0.2) is 23.0 Å². The third kappa shape index (κ3) is 5.35. The Hall–Kier alpha value is -0.320. The number of nitrogens with zero attached hydrogens (tertiary/aromatic N) is 2. The molecule has 0 fully saturated rings. The van der Waals surface area contributed by atoms with Crippen LogP contribution in [0.3, 0.4) is 0 Å². The lowest BCUT2D eigenvalue weighted by atomic mass is 10.2. The predicted molar refractivity (Wildman–Crippen MR) is 69.6 cm³/mol. The molecule has 0 saturated heterocycles. The van der Waals surface area contributed by atoms with E-state index in [1.807, 2.05) is 6.20 Å². The van der Waals surface area contributed by atoms with Crippen molar-refractivity contribution in [3.05, 3.63) is 11.1 Å². The van der Waals surface area contributed by atoms with E-state index in [1.165, 1.54) is 4.88 Å². The van der Waals surface area contributed by atoms with Gasteiger partial charge in [-0.15, -0.1) is 23.7 Å². The summed E-state index contributed by atoms with van der Waals surface area (Å²) >= 11 is 1.58. The molecule has 0 bridgehead atoms. The zero-order valence-corrected chi connectivity index (χ0v) is 11.2. The zero-order chi connectivity index (χ0) is 10.6. The van der Waals surface area contributed by atoms with E-state index in [-0.39, 0.29) is 12.4 Å². The maximum atomic E-state index is 5.59. The average molecular weight is 250 g/mol. The Kier molecular flexibility index (Phi) is 6.89. The van der Waals surface area contributed by atoms with Crippen molar-refractivity contribution in [1.82, 2.24) is 9.88 Å². The second-order valence-corrected chi connectivity index (χ2v) is 5.03. The Bertz CT molecular complexity index is 275. The Morgan fingerprint density at radius 2 is 2.20 bits per heavy atom. The zero-order valence-electron chi connectivity index (χ0n) is 9.56. The van der Waals surface area contributed by atoms with E-state index in [0.29, 0.717) is 11.0 Å². The molecule has 88 valence electrons. The van der Waals surface area contributed by atoms with Gasteiger partial charge >= 0.3 is 0 Å². The Morgan fingerprint density at radius 3 is 2.60 bits per heavy atom. The lowest BCUT2D eigenvalue weighted by Gasteiger charge is -2.21. The Balaban J connectivity index is 0.00000196. The van der Waals surface area contributed by atoms with Crippen molar-refractivity contribution in [2.75, 3.05) is 18.8 Å². The molecule has 1 heterocycles. The first-order valence-electron chi connectivity index (χ1n) is 5.04. The molecule has 1 rings (SSSR count). The van der Waals surface area contributed by atoms with E-state index in [1.54, 1.807) is 11.3 Å². The highest BCUT2D eigenvalue weighted by atomic mass is 35.5. The normalized spacial score (nSPS) is 10.7. The van der Waals surface area contributed by atoms with Crippen LogP contribution in [0.4, 0.5) is 5.13 Å². The fraction of sp³-hybridized carbons (Fsp3) is 0.700. The van der Waals surface area contributed by atoms with Crippen molar-refractivity contribution in [2.45, 2.75) is 27.3 Å². The lowest BCUT2D eigenvalue weighted by molar-refractivity contribution is 0.250. The van der Waals surface area contributed by atoms with Gasteiger partial charge in [-0.05, 0) is 12.5 Å². The molecule has 2 N–H and O–H groups in total. The molecule has 1 aromatic heterocycles. The van der Waals surface area contributed by atoms with Crippen molar-refractivity contribution in [3.63, 3.8) is 0 Å². The molecule has 0 saturated carbocycles. The van der Waals surface area contributed by atoms with Crippen molar-refractivity contribution in [3.8, 4) is 0 Å². The standard InChI is InChI=1S/C10H19N3S.ClH/c1-4-13(6-8(2)3)7-9-5-12-10(11)14-9;/h5,8H,4,6-7H2,1-3H3,(H2,11,12);1H. The topological polar surface area (TPSA) is 42.2 Å². The molecule has 0 atom stereocenters. The molecule has 0 aliphatic carbocycles. The van der Waals surface area contributed by atoms with Gasteiger partial charge in [0.2, 0.25) is 0 Å². The van der Waals surface area contributed by atoms with E-state index in [4.69, 9.17) is 5.73 Å². The summed E-state index contributed by atoms with van der Waals surface area (Å²) < 4.78 is 0. The summed E-state index contributed by atoms with van der Waals surface area (Å²) in [5.74, 6) is 0.709. The summed E-state index contributed by atoms with van der Waals surface area (Å²) in [7, 11) is 0. The summed E-state index contributed by atoms with van der Waals surface area (Å²) in [5.41, 5.74) is 5.59. The van der Waals surface area contributed by atoms with Crippen LogP contribution in [0.1, 0.15) is 25.6 Å². The molecule has 0 radical (unpaired) electrons. The third-order valence-corrected chi connectivity index (χ3v) is 2.83. The van der Waals surface area contributed by atoms with Gasteiger partial charge in [0.05, 0.1) is 0 Å². The van der Waals surface area contributed by atoms with Gasteiger partial charge in [-0.25, -0.2) is 4.98 Å². The molecule has 15 heavy (non-hydrogen) atoms. The molecule has 0 aliphatic rings. The van der Waals surface area contributed by atoms with Gasteiger partial charge in [-0.1, -0.05) is 20.8 Å². The van der Waals surface area contributed by atoms with Crippen LogP contribution >= 0.6 is 23.7 Å². The van der Waals surface area contributed by atoms with E-state index in [0.717, 1.165) is 19.6 Å². The number of thiazole rings is 1. The highest BCUT2D eigenvalue weighted by Crippen LogP contribution is 2.16. The summed E-state index contributed by atoms with van der Waals surface area (Å²) in [4.78, 5) is 7.72. The average Bonchev–Trinajstić information content (AvgIpc) is 2.49. The molecule has 0 aromatic carbocycles. The number of aromatic nitrogens is 1. The molecule has 5 heteroatoms. The Labute approximate surface area is 102 Å². The van der Waals surface area contributed by atoms with Crippen LogP contribution in [0.2, 0.25) is 0 Å². The van der Waals surface area contributed by atoms with E-state index < -0.39 is 0 Å². The number of hydrogen-bond donors (Lipinski definition) is 1. The molecular weight excluding hydrogens is 230 g/mol. The summed E-state index contributed by atoms with van der Waals surface area (Å²) in [6.45, 7) is 9.86. The minimum absolute atomic E-state index is 0. The quantitative estimate of drug-likeness (QED) is 0.873. The summed E-state index contributed by atoms with van der Waals surface area (Å²) in [5, 5.41) is 0.667. The fourth-order valence-electron chi connectivity index (χ4n) is 1.44. The van der Waals surface area contributed by atoms with Crippen LogP contribution < -0.4 is 5.73 Å². The van der Waals surface area contributed by atoms with Crippen LogP contribution in [0.5, 0.6) is 0 Å². The number of nitrogen functional groups attached to an aromatic ring is 1. The molecule has 0 unspecified atom stereocenters. The minimum atomic E-state index is 0. The van der Waals surface area contributed by atoms with Crippen molar-refractivity contribution >= 4 is 28.9 Å². The summed E-state index contributed by atoms with van der Waals surface area (Å²) in [6.07, 6.45) is 1.88. The van der Waals surface area contributed by atoms with Crippen LogP contribution in [-0.2, 0) is 6.54 Å².